The van der Waals surface area contributed by atoms with E-state index in [2.05, 4.69) is 42.0 Å². The van der Waals surface area contributed by atoms with E-state index in [0.29, 0.717) is 7.78 Å². The SMILES string of the molecule is CCCCCCCCCCCC[N+](C)(C)S(=O)[N+](C)(C)CCCCCCCCCCCC. The lowest BCUT2D eigenvalue weighted by Crippen LogP contribution is -2.56. The van der Waals surface area contributed by atoms with Crippen molar-refractivity contribution in [3.63, 3.8) is 0 Å². The number of unbranched alkanes of at least 4 members (excludes halogenated alkanes) is 18. The average molecular weight is 475 g/mol. The van der Waals surface area contributed by atoms with Crippen molar-refractivity contribution in [3.05, 3.63) is 0 Å². The quantitative estimate of drug-likeness (QED) is 0.101. The van der Waals surface area contributed by atoms with Gasteiger partial charge in [0.1, 0.15) is 0 Å². The highest BCUT2D eigenvalue weighted by Crippen LogP contribution is 2.19. The van der Waals surface area contributed by atoms with Gasteiger partial charge in [-0.25, -0.2) is 0 Å². The second-order valence-electron chi connectivity index (χ2n) is 11.2. The summed E-state index contributed by atoms with van der Waals surface area (Å²) >= 11 is -0.893. The minimum Gasteiger partial charge on any atom is -0.195 e. The second-order valence-corrected chi connectivity index (χ2v) is 13.6. The fraction of sp³-hybridized carbons (Fsp3) is 1.00. The highest BCUT2D eigenvalue weighted by atomic mass is 32.2. The number of hydrogen-bond acceptors (Lipinski definition) is 1. The van der Waals surface area contributed by atoms with Crippen LogP contribution in [0.1, 0.15) is 142 Å². The normalized spacial score (nSPS) is 12.7. The van der Waals surface area contributed by atoms with Gasteiger partial charge >= 0.3 is 11.2 Å². The van der Waals surface area contributed by atoms with Gasteiger partial charge in [0.05, 0.1) is 41.3 Å². The van der Waals surface area contributed by atoms with Crippen molar-refractivity contribution in [2.75, 3.05) is 41.3 Å². The summed E-state index contributed by atoms with van der Waals surface area (Å²) in [6, 6.07) is 0. The molecule has 0 heterocycles. The Kier molecular flexibility index (Phi) is 20.5. The molecule has 0 atom stereocenters. The van der Waals surface area contributed by atoms with Gasteiger partial charge in [-0.2, -0.15) is 7.78 Å². The zero-order chi connectivity index (χ0) is 24.1. The third kappa shape index (κ3) is 17.5. The lowest BCUT2D eigenvalue weighted by atomic mass is 10.1. The number of hydrogen-bond donors (Lipinski definition) is 0. The van der Waals surface area contributed by atoms with Gasteiger partial charge in [0, 0.05) is 0 Å². The van der Waals surface area contributed by atoms with Crippen LogP contribution in [0.25, 0.3) is 0 Å². The predicted molar refractivity (Wildman–Crippen MR) is 146 cm³/mol. The molecule has 0 aliphatic rings. The van der Waals surface area contributed by atoms with Gasteiger partial charge in [-0.15, -0.1) is 4.21 Å². The molecule has 194 valence electrons. The lowest BCUT2D eigenvalue weighted by Gasteiger charge is -2.34. The van der Waals surface area contributed by atoms with Gasteiger partial charge in [-0.05, 0) is 25.7 Å². The number of quaternary nitrogens is 2. The molecule has 0 unspecified atom stereocenters. The first-order chi connectivity index (χ1) is 15.3. The van der Waals surface area contributed by atoms with E-state index in [1.165, 1.54) is 128 Å². The van der Waals surface area contributed by atoms with Crippen molar-refractivity contribution in [2.45, 2.75) is 142 Å². The monoisotopic (exact) mass is 474 g/mol. The summed E-state index contributed by atoms with van der Waals surface area (Å²) in [4.78, 5) is 0. The molecule has 0 fully saturated rings. The summed E-state index contributed by atoms with van der Waals surface area (Å²) in [5.41, 5.74) is 0. The number of nitrogens with zero attached hydrogens (tertiary/aromatic N) is 2. The Morgan fingerprint density at radius 3 is 0.875 bits per heavy atom. The Morgan fingerprint density at radius 2 is 0.625 bits per heavy atom. The molecule has 0 amide bonds. The molecule has 0 aromatic carbocycles. The fourth-order valence-electron chi connectivity index (χ4n) is 4.71. The van der Waals surface area contributed by atoms with Crippen molar-refractivity contribution < 1.29 is 12.0 Å². The topological polar surface area (TPSA) is 17.1 Å². The van der Waals surface area contributed by atoms with E-state index in [1.807, 2.05) is 0 Å². The zero-order valence-corrected chi connectivity index (χ0v) is 24.1. The average Bonchev–Trinajstić information content (AvgIpc) is 2.75. The molecule has 0 aliphatic heterocycles. The van der Waals surface area contributed by atoms with Crippen molar-refractivity contribution in [1.82, 2.24) is 0 Å². The molecular formula is C28H62N2OS+2. The largest absolute Gasteiger partial charge is 0.408 e. The van der Waals surface area contributed by atoms with Crippen LogP contribution >= 0.6 is 0 Å². The van der Waals surface area contributed by atoms with E-state index in [0.717, 1.165) is 13.1 Å². The van der Waals surface area contributed by atoms with Crippen molar-refractivity contribution in [1.29, 1.82) is 0 Å². The number of rotatable bonds is 24. The summed E-state index contributed by atoms with van der Waals surface area (Å²) in [6.45, 7) is 6.63. The molecule has 0 spiro atoms. The van der Waals surface area contributed by atoms with Crippen LogP contribution in [-0.4, -0.2) is 53.3 Å². The van der Waals surface area contributed by atoms with E-state index in [9.17, 15) is 4.21 Å². The Labute approximate surface area is 206 Å². The van der Waals surface area contributed by atoms with Crippen LogP contribution in [-0.2, 0) is 11.2 Å². The molecule has 0 bridgehead atoms. The molecule has 4 heteroatoms. The van der Waals surface area contributed by atoms with Crippen LogP contribution in [0.15, 0.2) is 0 Å². The van der Waals surface area contributed by atoms with Crippen molar-refractivity contribution in [3.8, 4) is 0 Å². The van der Waals surface area contributed by atoms with Crippen LogP contribution in [0.3, 0.4) is 0 Å². The molecule has 0 aromatic rings. The Hall–Kier alpha value is 0.0700. The van der Waals surface area contributed by atoms with Gasteiger partial charge in [0.15, 0.2) is 0 Å². The molecule has 0 radical (unpaired) electrons. The fourth-order valence-corrected chi connectivity index (χ4v) is 6.48. The van der Waals surface area contributed by atoms with E-state index < -0.39 is 11.2 Å². The summed E-state index contributed by atoms with van der Waals surface area (Å²) in [5.74, 6) is 0. The predicted octanol–water partition coefficient (Wildman–Crippen LogP) is 8.56. The lowest BCUT2D eigenvalue weighted by molar-refractivity contribution is -0.852. The summed E-state index contributed by atoms with van der Waals surface area (Å²) in [5, 5.41) is 0. The van der Waals surface area contributed by atoms with Crippen LogP contribution < -0.4 is 0 Å². The summed E-state index contributed by atoms with van der Waals surface area (Å²) in [6.07, 6.45) is 27.2. The molecule has 32 heavy (non-hydrogen) atoms. The Balaban J connectivity index is 3.86. The van der Waals surface area contributed by atoms with E-state index >= 15 is 0 Å². The van der Waals surface area contributed by atoms with Gasteiger partial charge < -0.3 is 0 Å². The van der Waals surface area contributed by atoms with Crippen LogP contribution in [0, 0.1) is 0 Å². The van der Waals surface area contributed by atoms with E-state index in [4.69, 9.17) is 0 Å². The first-order valence-corrected chi connectivity index (χ1v) is 15.4. The van der Waals surface area contributed by atoms with Crippen LogP contribution in [0.4, 0.5) is 0 Å². The minimum absolute atomic E-state index is 0.641. The zero-order valence-electron chi connectivity index (χ0n) is 23.3. The molecule has 0 N–H and O–H groups in total. The van der Waals surface area contributed by atoms with Gasteiger partial charge in [0.2, 0.25) is 0 Å². The Bertz CT molecular complexity index is 399. The van der Waals surface area contributed by atoms with Crippen molar-refractivity contribution in [2.24, 2.45) is 0 Å². The van der Waals surface area contributed by atoms with Gasteiger partial charge in [-0.3, -0.25) is 0 Å². The Morgan fingerprint density at radius 1 is 0.406 bits per heavy atom. The maximum absolute atomic E-state index is 13.3. The van der Waals surface area contributed by atoms with Gasteiger partial charge in [0.25, 0.3) is 0 Å². The highest BCUT2D eigenvalue weighted by Gasteiger charge is 2.39. The molecule has 0 aromatic heterocycles. The van der Waals surface area contributed by atoms with Gasteiger partial charge in [-0.1, -0.05) is 117 Å². The second kappa shape index (κ2) is 20.4. The molecule has 0 saturated carbocycles. The maximum atomic E-state index is 13.3. The molecule has 0 aliphatic carbocycles. The minimum atomic E-state index is -0.893. The van der Waals surface area contributed by atoms with Crippen LogP contribution in [0.5, 0.6) is 0 Å². The maximum Gasteiger partial charge on any atom is 0.408 e. The molecule has 3 nitrogen and oxygen atoms in total. The van der Waals surface area contributed by atoms with E-state index in [-0.39, 0.29) is 0 Å². The summed E-state index contributed by atoms with van der Waals surface area (Å²) < 4.78 is 14.6. The van der Waals surface area contributed by atoms with Crippen molar-refractivity contribution >= 4 is 11.2 Å². The first kappa shape index (κ1) is 32.1. The molecular weight excluding hydrogens is 412 g/mol. The standard InChI is InChI=1S/C28H62N2OS/c1-7-9-11-13-15-17-19-21-23-25-27-29(3,4)32(31)30(5,6)28-26-24-22-20-18-16-14-12-10-8-2/h7-28H2,1-6H3/q+2. The molecule has 0 saturated heterocycles. The van der Waals surface area contributed by atoms with E-state index in [1.54, 1.807) is 0 Å². The third-order valence-corrected chi connectivity index (χ3v) is 9.00. The molecule has 0 rings (SSSR count). The summed E-state index contributed by atoms with van der Waals surface area (Å²) in [7, 11) is 8.68. The van der Waals surface area contributed by atoms with Crippen LogP contribution in [0.2, 0.25) is 0 Å². The first-order valence-electron chi connectivity index (χ1n) is 14.4. The highest BCUT2D eigenvalue weighted by molar-refractivity contribution is 7.73. The smallest absolute Gasteiger partial charge is 0.195 e. The third-order valence-electron chi connectivity index (χ3n) is 6.95.